The van der Waals surface area contributed by atoms with E-state index >= 15 is 0 Å². The van der Waals surface area contributed by atoms with Gasteiger partial charge in [-0.05, 0) is 37.7 Å². The van der Waals surface area contributed by atoms with Crippen molar-refractivity contribution in [2.24, 2.45) is 28.1 Å². The fourth-order valence-electron chi connectivity index (χ4n) is 6.69. The van der Waals surface area contributed by atoms with Crippen LogP contribution in [0.2, 0.25) is 0 Å². The quantitative estimate of drug-likeness (QED) is 0.557. The standard InChI is InChI=1S/C20H24O5/c1-4-17(2)8-11-13(22)14-15-18(3,16(23)25-14)6-5-10-7-19(10,15)20(11,24)12(21)9-17/h4,8,10,13-15,22,24H,1,5-7,9H2,2-3H3/t10-,13+,14-,15-,17+,18-,19-,20-/m0/s1. The van der Waals surface area contributed by atoms with Gasteiger partial charge in [-0.2, -0.15) is 0 Å². The highest BCUT2D eigenvalue weighted by molar-refractivity contribution is 5.96. The molecule has 0 aromatic carbocycles. The van der Waals surface area contributed by atoms with Gasteiger partial charge in [0.2, 0.25) is 0 Å². The Morgan fingerprint density at radius 2 is 2.08 bits per heavy atom. The molecule has 0 radical (unpaired) electrons. The van der Waals surface area contributed by atoms with Gasteiger partial charge in [-0.1, -0.05) is 19.1 Å². The Morgan fingerprint density at radius 1 is 1.36 bits per heavy atom. The molecule has 0 bridgehead atoms. The lowest BCUT2D eigenvalue weighted by molar-refractivity contribution is -0.173. The number of aliphatic hydroxyl groups is 2. The van der Waals surface area contributed by atoms with Crippen LogP contribution in [0.3, 0.4) is 0 Å². The van der Waals surface area contributed by atoms with Gasteiger partial charge < -0.3 is 14.9 Å². The second kappa shape index (κ2) is 4.09. The lowest BCUT2D eigenvalue weighted by atomic mass is 9.48. The number of ketones is 1. The van der Waals surface area contributed by atoms with Crippen LogP contribution in [0.4, 0.5) is 0 Å². The molecule has 5 heteroatoms. The lowest BCUT2D eigenvalue weighted by Gasteiger charge is -2.56. The van der Waals surface area contributed by atoms with Crippen molar-refractivity contribution in [2.75, 3.05) is 0 Å². The van der Waals surface area contributed by atoms with Crippen molar-refractivity contribution < 1.29 is 24.5 Å². The van der Waals surface area contributed by atoms with Crippen molar-refractivity contribution in [1.29, 1.82) is 0 Å². The highest BCUT2D eigenvalue weighted by Crippen LogP contribution is 2.79. The van der Waals surface area contributed by atoms with E-state index in [2.05, 4.69) is 6.58 Å². The first-order chi connectivity index (χ1) is 11.6. The first kappa shape index (κ1) is 15.8. The molecule has 5 nitrogen and oxygen atoms in total. The van der Waals surface area contributed by atoms with Crippen molar-refractivity contribution in [3.05, 3.63) is 24.3 Å². The third kappa shape index (κ3) is 1.43. The van der Waals surface area contributed by atoms with E-state index in [-0.39, 0.29) is 30.0 Å². The lowest BCUT2D eigenvalue weighted by Crippen LogP contribution is -2.67. The monoisotopic (exact) mass is 344 g/mol. The molecule has 0 amide bonds. The van der Waals surface area contributed by atoms with Gasteiger partial charge in [0.05, 0.1) is 5.41 Å². The highest BCUT2D eigenvalue weighted by Gasteiger charge is 2.85. The molecule has 134 valence electrons. The van der Waals surface area contributed by atoms with Gasteiger partial charge in [0.25, 0.3) is 0 Å². The summed E-state index contributed by atoms with van der Waals surface area (Å²) < 4.78 is 5.64. The van der Waals surface area contributed by atoms with Gasteiger partial charge in [0.1, 0.15) is 12.2 Å². The van der Waals surface area contributed by atoms with E-state index < -0.39 is 34.1 Å². The molecule has 1 heterocycles. The zero-order valence-electron chi connectivity index (χ0n) is 14.6. The normalized spacial score (nSPS) is 58.5. The van der Waals surface area contributed by atoms with Crippen LogP contribution >= 0.6 is 0 Å². The second-order valence-corrected chi connectivity index (χ2v) is 9.31. The van der Waals surface area contributed by atoms with E-state index in [0.717, 1.165) is 12.8 Å². The Kier molecular flexibility index (Phi) is 2.58. The van der Waals surface area contributed by atoms with E-state index in [1.54, 1.807) is 12.2 Å². The average molecular weight is 344 g/mol. The number of hydrogen-bond donors (Lipinski definition) is 2. The van der Waals surface area contributed by atoms with Crippen LogP contribution in [-0.4, -0.2) is 39.8 Å². The number of allylic oxidation sites excluding steroid dienone is 2. The summed E-state index contributed by atoms with van der Waals surface area (Å²) in [4.78, 5) is 25.8. The number of rotatable bonds is 1. The third-order valence-electron chi connectivity index (χ3n) is 8.06. The zero-order chi connectivity index (χ0) is 18.0. The van der Waals surface area contributed by atoms with Crippen molar-refractivity contribution in [1.82, 2.24) is 0 Å². The van der Waals surface area contributed by atoms with Crippen LogP contribution in [-0.2, 0) is 14.3 Å². The minimum atomic E-state index is -1.68. The molecule has 1 saturated heterocycles. The molecule has 2 N–H and O–H groups in total. The molecular formula is C20H24O5. The third-order valence-corrected chi connectivity index (χ3v) is 8.06. The van der Waals surface area contributed by atoms with Gasteiger partial charge in [-0.3, -0.25) is 9.59 Å². The Hall–Kier alpha value is -1.46. The van der Waals surface area contributed by atoms with Crippen LogP contribution in [0.25, 0.3) is 0 Å². The Labute approximate surface area is 146 Å². The molecule has 5 rings (SSSR count). The number of Topliss-reactive ketones (excluding diaryl/α,β-unsaturated/α-hetero) is 1. The molecule has 1 aliphatic heterocycles. The maximum atomic E-state index is 13.2. The summed E-state index contributed by atoms with van der Waals surface area (Å²) >= 11 is 0. The Morgan fingerprint density at radius 3 is 2.76 bits per heavy atom. The SMILES string of the molecule is C=C[C@]1(C)C=C2[C@@H](O)[C@@H]3OC(=O)[C@@]4(C)CC[C@H]5C[C@]5([C@@H]34)[C@@]2(O)C(=O)C1. The summed E-state index contributed by atoms with van der Waals surface area (Å²) in [6.07, 6.45) is 4.06. The molecule has 1 spiro atoms. The first-order valence-electron chi connectivity index (χ1n) is 9.16. The summed E-state index contributed by atoms with van der Waals surface area (Å²) in [7, 11) is 0. The smallest absolute Gasteiger partial charge is 0.312 e. The molecule has 8 atom stereocenters. The Bertz CT molecular complexity index is 770. The van der Waals surface area contributed by atoms with Gasteiger partial charge >= 0.3 is 5.97 Å². The number of carbonyl (C=O) groups excluding carboxylic acids is 2. The van der Waals surface area contributed by atoms with Crippen molar-refractivity contribution in [3.8, 4) is 0 Å². The second-order valence-electron chi connectivity index (χ2n) is 9.31. The predicted octanol–water partition coefficient (Wildman–Crippen LogP) is 1.53. The minimum Gasteiger partial charge on any atom is -0.458 e. The van der Waals surface area contributed by atoms with Crippen LogP contribution < -0.4 is 0 Å². The number of ether oxygens (including phenoxy) is 1. The van der Waals surface area contributed by atoms with E-state index in [0.29, 0.717) is 12.0 Å². The average Bonchev–Trinajstić information content (AvgIpc) is 3.24. The summed E-state index contributed by atoms with van der Waals surface area (Å²) in [5.41, 5.74) is -3.35. The summed E-state index contributed by atoms with van der Waals surface area (Å²) in [6, 6.07) is 0. The van der Waals surface area contributed by atoms with Gasteiger partial charge in [0.15, 0.2) is 11.4 Å². The fraction of sp³-hybridized carbons (Fsp3) is 0.700. The minimum absolute atomic E-state index is 0.167. The molecular weight excluding hydrogens is 320 g/mol. The van der Waals surface area contributed by atoms with E-state index in [1.807, 2.05) is 13.8 Å². The summed E-state index contributed by atoms with van der Waals surface area (Å²) in [5.74, 6) is -0.648. The van der Waals surface area contributed by atoms with Crippen LogP contribution in [0, 0.1) is 28.1 Å². The summed E-state index contributed by atoms with van der Waals surface area (Å²) in [5, 5.41) is 22.8. The number of hydrogen-bond acceptors (Lipinski definition) is 5. The molecule has 4 fully saturated rings. The van der Waals surface area contributed by atoms with Gasteiger partial charge in [0, 0.05) is 23.2 Å². The molecule has 4 aliphatic carbocycles. The van der Waals surface area contributed by atoms with Crippen LogP contribution in [0.15, 0.2) is 24.3 Å². The number of fused-ring (bicyclic) bond motifs is 1. The van der Waals surface area contributed by atoms with Crippen molar-refractivity contribution in [3.63, 3.8) is 0 Å². The highest BCUT2D eigenvalue weighted by atomic mass is 16.6. The van der Waals surface area contributed by atoms with Crippen LogP contribution in [0.5, 0.6) is 0 Å². The van der Waals surface area contributed by atoms with E-state index in [1.165, 1.54) is 0 Å². The van der Waals surface area contributed by atoms with E-state index in [4.69, 9.17) is 4.74 Å². The molecule has 3 saturated carbocycles. The Balaban J connectivity index is 1.77. The maximum Gasteiger partial charge on any atom is 0.312 e. The van der Waals surface area contributed by atoms with E-state index in [9.17, 15) is 19.8 Å². The zero-order valence-corrected chi connectivity index (χ0v) is 14.6. The molecule has 0 aromatic heterocycles. The molecule has 0 unspecified atom stereocenters. The largest absolute Gasteiger partial charge is 0.458 e. The van der Waals surface area contributed by atoms with Gasteiger partial charge in [-0.25, -0.2) is 0 Å². The molecule has 25 heavy (non-hydrogen) atoms. The van der Waals surface area contributed by atoms with Gasteiger partial charge in [-0.15, -0.1) is 6.58 Å². The predicted molar refractivity (Wildman–Crippen MR) is 88.2 cm³/mol. The number of carbonyl (C=O) groups is 2. The molecule has 5 aliphatic rings. The van der Waals surface area contributed by atoms with Crippen LogP contribution in [0.1, 0.15) is 39.5 Å². The van der Waals surface area contributed by atoms with Crippen molar-refractivity contribution in [2.45, 2.75) is 57.3 Å². The topological polar surface area (TPSA) is 83.8 Å². The fourth-order valence-corrected chi connectivity index (χ4v) is 6.69. The number of aliphatic hydroxyl groups excluding tert-OH is 1. The molecule has 0 aromatic rings. The van der Waals surface area contributed by atoms with Crippen molar-refractivity contribution >= 4 is 11.8 Å². The maximum absolute atomic E-state index is 13.2. The first-order valence-corrected chi connectivity index (χ1v) is 9.16. The number of esters is 1. The summed E-state index contributed by atoms with van der Waals surface area (Å²) in [6.45, 7) is 7.56.